The Morgan fingerprint density at radius 2 is 2.20 bits per heavy atom. The van der Waals surface area contributed by atoms with Crippen molar-refractivity contribution >= 4 is 11.4 Å². The molecule has 0 saturated heterocycles. The molecular formula is C14H19N. The molecule has 1 saturated carbocycles. The van der Waals surface area contributed by atoms with Gasteiger partial charge in [0.2, 0.25) is 0 Å². The maximum Gasteiger partial charge on any atom is 0.0631 e. The highest BCUT2D eigenvalue weighted by molar-refractivity contribution is 5.87. The van der Waals surface area contributed by atoms with Crippen LogP contribution in [-0.2, 0) is 0 Å². The topological polar surface area (TPSA) is 12.4 Å². The van der Waals surface area contributed by atoms with E-state index in [-0.39, 0.29) is 0 Å². The summed E-state index contributed by atoms with van der Waals surface area (Å²) in [5.41, 5.74) is 3.80. The van der Waals surface area contributed by atoms with Crippen LogP contribution in [0, 0.1) is 12.8 Å². The minimum Gasteiger partial charge on any atom is -0.258 e. The average Bonchev–Trinajstić information content (AvgIpc) is 2.17. The quantitative estimate of drug-likeness (QED) is 0.643. The Balaban J connectivity index is 2.15. The van der Waals surface area contributed by atoms with Crippen LogP contribution in [0.1, 0.15) is 38.2 Å². The van der Waals surface area contributed by atoms with E-state index >= 15 is 0 Å². The Labute approximate surface area is 92.2 Å². The molecule has 15 heavy (non-hydrogen) atoms. The van der Waals surface area contributed by atoms with E-state index in [0.29, 0.717) is 0 Å². The van der Waals surface area contributed by atoms with E-state index in [2.05, 4.69) is 38.1 Å². The fourth-order valence-corrected chi connectivity index (χ4v) is 2.24. The second kappa shape index (κ2) is 4.61. The first-order valence-electron chi connectivity index (χ1n) is 5.87. The standard InChI is InChI=1S/C14H19N/c1-11-5-3-7-13(9-11)15-14-8-4-6-12(2)10-14/h3,5,7,9,12H,4,6,8,10H2,1-2H3/b15-14+. The molecule has 2 rings (SSSR count). The van der Waals surface area contributed by atoms with E-state index in [1.807, 2.05) is 0 Å². The molecule has 1 aliphatic rings. The van der Waals surface area contributed by atoms with E-state index in [1.54, 1.807) is 0 Å². The Kier molecular flexibility index (Phi) is 3.20. The first-order chi connectivity index (χ1) is 7.24. The molecule has 1 aromatic carbocycles. The summed E-state index contributed by atoms with van der Waals surface area (Å²) in [7, 11) is 0. The molecule has 0 aromatic heterocycles. The predicted octanol–water partition coefficient (Wildman–Crippen LogP) is 4.28. The van der Waals surface area contributed by atoms with Gasteiger partial charge < -0.3 is 0 Å². The normalized spacial score (nSPS) is 24.4. The van der Waals surface area contributed by atoms with Crippen molar-refractivity contribution in [3.63, 3.8) is 0 Å². The van der Waals surface area contributed by atoms with Gasteiger partial charge in [-0.2, -0.15) is 0 Å². The predicted molar refractivity (Wildman–Crippen MR) is 65.9 cm³/mol. The number of nitrogens with zero attached hydrogens (tertiary/aromatic N) is 1. The van der Waals surface area contributed by atoms with Crippen LogP contribution in [0.4, 0.5) is 5.69 Å². The summed E-state index contributed by atoms with van der Waals surface area (Å²) in [4.78, 5) is 4.75. The molecule has 1 heteroatoms. The molecule has 0 radical (unpaired) electrons. The number of hydrogen-bond acceptors (Lipinski definition) is 1. The van der Waals surface area contributed by atoms with Crippen LogP contribution in [0.25, 0.3) is 0 Å². The van der Waals surface area contributed by atoms with Crippen LogP contribution in [0.3, 0.4) is 0 Å². The first-order valence-corrected chi connectivity index (χ1v) is 5.87. The Bertz CT molecular complexity index is 365. The van der Waals surface area contributed by atoms with Crippen molar-refractivity contribution in [3.8, 4) is 0 Å². The zero-order chi connectivity index (χ0) is 10.7. The molecule has 0 amide bonds. The van der Waals surface area contributed by atoms with Gasteiger partial charge >= 0.3 is 0 Å². The van der Waals surface area contributed by atoms with Crippen molar-refractivity contribution in [2.24, 2.45) is 10.9 Å². The SMILES string of the molecule is Cc1cccc(/N=C2\CCCC(C)C2)c1. The molecular weight excluding hydrogens is 182 g/mol. The second-order valence-corrected chi connectivity index (χ2v) is 4.72. The molecule has 1 aliphatic carbocycles. The Morgan fingerprint density at radius 3 is 2.93 bits per heavy atom. The maximum atomic E-state index is 4.75. The van der Waals surface area contributed by atoms with Crippen molar-refractivity contribution in [1.82, 2.24) is 0 Å². The number of hydrogen-bond donors (Lipinski definition) is 0. The third-order valence-corrected chi connectivity index (χ3v) is 3.04. The number of aryl methyl sites for hydroxylation is 1. The van der Waals surface area contributed by atoms with Gasteiger partial charge in [-0.25, -0.2) is 0 Å². The number of aliphatic imine (C=N–C) groups is 1. The molecule has 0 heterocycles. The van der Waals surface area contributed by atoms with Gasteiger partial charge in [0.25, 0.3) is 0 Å². The fraction of sp³-hybridized carbons (Fsp3) is 0.500. The van der Waals surface area contributed by atoms with Crippen molar-refractivity contribution in [2.75, 3.05) is 0 Å². The van der Waals surface area contributed by atoms with E-state index in [4.69, 9.17) is 4.99 Å². The Morgan fingerprint density at radius 1 is 1.33 bits per heavy atom. The molecule has 0 spiro atoms. The van der Waals surface area contributed by atoms with Gasteiger partial charge in [0.1, 0.15) is 0 Å². The molecule has 1 unspecified atom stereocenters. The Hall–Kier alpha value is -1.11. The summed E-state index contributed by atoms with van der Waals surface area (Å²) in [6.07, 6.45) is 5.06. The van der Waals surface area contributed by atoms with Gasteiger partial charge in [-0.15, -0.1) is 0 Å². The molecule has 1 aromatic rings. The molecule has 0 N–H and O–H groups in total. The van der Waals surface area contributed by atoms with Crippen LogP contribution >= 0.6 is 0 Å². The van der Waals surface area contributed by atoms with Gasteiger partial charge in [0.05, 0.1) is 5.69 Å². The monoisotopic (exact) mass is 201 g/mol. The third kappa shape index (κ3) is 2.92. The lowest BCUT2D eigenvalue weighted by Crippen LogP contribution is -2.12. The molecule has 1 atom stereocenters. The largest absolute Gasteiger partial charge is 0.258 e. The summed E-state index contributed by atoms with van der Waals surface area (Å²) in [5, 5.41) is 0. The van der Waals surface area contributed by atoms with Crippen molar-refractivity contribution in [2.45, 2.75) is 39.5 Å². The minimum absolute atomic E-state index is 0.822. The van der Waals surface area contributed by atoms with Gasteiger partial charge in [0, 0.05) is 5.71 Å². The highest BCUT2D eigenvalue weighted by atomic mass is 14.7. The zero-order valence-corrected chi connectivity index (χ0v) is 9.66. The zero-order valence-electron chi connectivity index (χ0n) is 9.66. The van der Waals surface area contributed by atoms with Crippen LogP contribution in [0.2, 0.25) is 0 Å². The number of rotatable bonds is 1. The molecule has 0 bridgehead atoms. The fourth-order valence-electron chi connectivity index (χ4n) is 2.24. The summed E-state index contributed by atoms with van der Waals surface area (Å²) in [6, 6.07) is 8.46. The van der Waals surface area contributed by atoms with Crippen LogP contribution in [0.15, 0.2) is 29.3 Å². The van der Waals surface area contributed by atoms with Crippen molar-refractivity contribution in [3.05, 3.63) is 29.8 Å². The van der Waals surface area contributed by atoms with Crippen LogP contribution < -0.4 is 0 Å². The van der Waals surface area contributed by atoms with Gasteiger partial charge in [-0.3, -0.25) is 4.99 Å². The summed E-state index contributed by atoms with van der Waals surface area (Å²) < 4.78 is 0. The van der Waals surface area contributed by atoms with Crippen LogP contribution in [-0.4, -0.2) is 5.71 Å². The van der Waals surface area contributed by atoms with Gasteiger partial charge in [-0.1, -0.05) is 19.1 Å². The maximum absolute atomic E-state index is 4.75. The molecule has 80 valence electrons. The summed E-state index contributed by atoms with van der Waals surface area (Å²) in [5.74, 6) is 0.822. The number of benzene rings is 1. The molecule has 1 nitrogen and oxygen atoms in total. The van der Waals surface area contributed by atoms with Crippen LogP contribution in [0.5, 0.6) is 0 Å². The van der Waals surface area contributed by atoms with E-state index < -0.39 is 0 Å². The lowest BCUT2D eigenvalue weighted by molar-refractivity contribution is 0.500. The van der Waals surface area contributed by atoms with E-state index in [0.717, 1.165) is 11.6 Å². The lowest BCUT2D eigenvalue weighted by Gasteiger charge is -2.19. The van der Waals surface area contributed by atoms with Gasteiger partial charge in [0.15, 0.2) is 0 Å². The van der Waals surface area contributed by atoms with E-state index in [9.17, 15) is 0 Å². The van der Waals surface area contributed by atoms with Crippen molar-refractivity contribution < 1.29 is 0 Å². The highest BCUT2D eigenvalue weighted by Gasteiger charge is 2.13. The first kappa shape index (κ1) is 10.4. The molecule has 0 aliphatic heterocycles. The second-order valence-electron chi connectivity index (χ2n) is 4.72. The van der Waals surface area contributed by atoms with Crippen molar-refractivity contribution in [1.29, 1.82) is 0 Å². The summed E-state index contributed by atoms with van der Waals surface area (Å²) >= 11 is 0. The highest BCUT2D eigenvalue weighted by Crippen LogP contribution is 2.24. The minimum atomic E-state index is 0.822. The van der Waals surface area contributed by atoms with Gasteiger partial charge in [-0.05, 0) is 56.2 Å². The summed E-state index contributed by atoms with van der Waals surface area (Å²) in [6.45, 7) is 4.44. The molecule has 1 fully saturated rings. The average molecular weight is 201 g/mol. The smallest absolute Gasteiger partial charge is 0.0631 e. The van der Waals surface area contributed by atoms with E-state index in [1.165, 1.54) is 37.0 Å². The third-order valence-electron chi connectivity index (χ3n) is 3.04. The lowest BCUT2D eigenvalue weighted by atomic mass is 9.89.